The number of thioether (sulfide) groups is 1. The van der Waals surface area contributed by atoms with E-state index in [9.17, 15) is 4.79 Å². The molecule has 0 saturated heterocycles. The van der Waals surface area contributed by atoms with Gasteiger partial charge >= 0.3 is 0 Å². The van der Waals surface area contributed by atoms with E-state index in [0.717, 1.165) is 17.7 Å². The predicted octanol–water partition coefficient (Wildman–Crippen LogP) is 4.54. The molecule has 0 aliphatic carbocycles. The maximum atomic E-state index is 12.3. The lowest BCUT2D eigenvalue weighted by Crippen LogP contribution is -2.13. The minimum absolute atomic E-state index is 0.175. The van der Waals surface area contributed by atoms with Crippen LogP contribution in [0.25, 0.3) is 0 Å². The molecule has 1 unspecified atom stereocenters. The topological polar surface area (TPSA) is 51.2 Å². The van der Waals surface area contributed by atoms with Crippen molar-refractivity contribution in [2.75, 3.05) is 12.4 Å². The number of aryl methyl sites for hydroxylation is 1. The fourth-order valence-electron chi connectivity index (χ4n) is 2.00. The summed E-state index contributed by atoms with van der Waals surface area (Å²) in [6, 6.07) is 9.48. The third-order valence-electron chi connectivity index (χ3n) is 3.57. The molecular formula is C18H22N2O2S. The Morgan fingerprint density at radius 2 is 2.13 bits per heavy atom. The van der Waals surface area contributed by atoms with E-state index in [1.54, 1.807) is 19.2 Å². The van der Waals surface area contributed by atoms with Crippen LogP contribution in [0.1, 0.15) is 36.2 Å². The van der Waals surface area contributed by atoms with Crippen molar-refractivity contribution in [2.24, 2.45) is 0 Å². The molecule has 2 rings (SSSR count). The van der Waals surface area contributed by atoms with Gasteiger partial charge in [0, 0.05) is 28.1 Å². The Balaban J connectivity index is 2.08. The smallest absolute Gasteiger partial charge is 0.257 e. The highest BCUT2D eigenvalue weighted by molar-refractivity contribution is 7.99. The van der Waals surface area contributed by atoms with Crippen LogP contribution in [0.15, 0.2) is 41.4 Å². The molecule has 5 heteroatoms. The van der Waals surface area contributed by atoms with Gasteiger partial charge in [0.1, 0.15) is 0 Å². The Morgan fingerprint density at radius 3 is 2.70 bits per heavy atom. The summed E-state index contributed by atoms with van der Waals surface area (Å²) in [5, 5.41) is 3.51. The number of carbonyl (C=O) groups is 1. The third-order valence-corrected chi connectivity index (χ3v) is 4.83. The van der Waals surface area contributed by atoms with Crippen LogP contribution in [0.4, 0.5) is 5.69 Å². The first-order valence-corrected chi connectivity index (χ1v) is 8.50. The molecule has 0 fully saturated rings. The van der Waals surface area contributed by atoms with Gasteiger partial charge in [-0.1, -0.05) is 13.8 Å². The van der Waals surface area contributed by atoms with Crippen molar-refractivity contribution in [1.29, 1.82) is 0 Å². The average molecular weight is 330 g/mol. The van der Waals surface area contributed by atoms with Crippen molar-refractivity contribution in [3.8, 4) is 5.88 Å². The second-order valence-corrected chi connectivity index (χ2v) is 6.87. The number of nitrogens with zero attached hydrogens (tertiary/aromatic N) is 1. The molecule has 1 atom stereocenters. The van der Waals surface area contributed by atoms with Gasteiger partial charge in [-0.3, -0.25) is 4.79 Å². The molecule has 1 aromatic carbocycles. The average Bonchev–Trinajstić information content (AvgIpc) is 2.57. The number of amides is 1. The third kappa shape index (κ3) is 4.73. The molecule has 2 aromatic rings. The molecule has 1 N–H and O–H groups in total. The fourth-order valence-corrected chi connectivity index (χ4v) is 3.02. The minimum Gasteiger partial charge on any atom is -0.481 e. The van der Waals surface area contributed by atoms with Crippen LogP contribution >= 0.6 is 11.8 Å². The molecule has 0 aliphatic heterocycles. The standard InChI is InChI=1S/C18H22N2O2S/c1-5-13(3)23-15-7-8-16(12(2)10-15)20-18(21)14-6-9-17(22-4)19-11-14/h6-11,13H,5H2,1-4H3,(H,20,21). The number of benzene rings is 1. The molecule has 122 valence electrons. The molecule has 1 aromatic heterocycles. The monoisotopic (exact) mass is 330 g/mol. The van der Waals surface area contributed by atoms with E-state index in [4.69, 9.17) is 4.74 Å². The highest BCUT2D eigenvalue weighted by Gasteiger charge is 2.10. The molecular weight excluding hydrogens is 308 g/mol. The highest BCUT2D eigenvalue weighted by atomic mass is 32.2. The van der Waals surface area contributed by atoms with E-state index in [0.29, 0.717) is 16.7 Å². The summed E-state index contributed by atoms with van der Waals surface area (Å²) in [6.07, 6.45) is 2.64. The second-order valence-electron chi connectivity index (χ2n) is 5.36. The molecule has 0 bridgehead atoms. The number of rotatable bonds is 6. The van der Waals surface area contributed by atoms with Crippen LogP contribution in [0.3, 0.4) is 0 Å². The van der Waals surface area contributed by atoms with Gasteiger partial charge in [0.05, 0.1) is 12.7 Å². The lowest BCUT2D eigenvalue weighted by molar-refractivity contribution is 0.102. The van der Waals surface area contributed by atoms with Crippen molar-refractivity contribution in [2.45, 2.75) is 37.3 Å². The summed E-state index contributed by atoms with van der Waals surface area (Å²) in [5.41, 5.74) is 2.37. The van der Waals surface area contributed by atoms with Crippen molar-refractivity contribution < 1.29 is 9.53 Å². The molecule has 1 amide bonds. The van der Waals surface area contributed by atoms with Gasteiger partial charge in [-0.25, -0.2) is 4.98 Å². The fraction of sp³-hybridized carbons (Fsp3) is 0.333. The van der Waals surface area contributed by atoms with E-state index >= 15 is 0 Å². The normalized spacial score (nSPS) is 11.8. The minimum atomic E-state index is -0.175. The van der Waals surface area contributed by atoms with Gasteiger partial charge in [-0.15, -0.1) is 11.8 Å². The van der Waals surface area contributed by atoms with E-state index in [-0.39, 0.29) is 5.91 Å². The summed E-state index contributed by atoms with van der Waals surface area (Å²) in [5.74, 6) is 0.315. The maximum absolute atomic E-state index is 12.3. The first-order valence-electron chi connectivity index (χ1n) is 7.62. The molecule has 0 saturated carbocycles. The first kappa shape index (κ1) is 17.3. The molecule has 23 heavy (non-hydrogen) atoms. The van der Waals surface area contributed by atoms with Crippen LogP contribution in [-0.4, -0.2) is 23.3 Å². The number of hydrogen-bond donors (Lipinski definition) is 1. The van der Waals surface area contributed by atoms with Crippen LogP contribution in [0, 0.1) is 6.92 Å². The van der Waals surface area contributed by atoms with Crippen molar-refractivity contribution >= 4 is 23.4 Å². The zero-order valence-electron chi connectivity index (χ0n) is 13.9. The molecule has 1 heterocycles. The van der Waals surface area contributed by atoms with Crippen LogP contribution in [0.5, 0.6) is 5.88 Å². The summed E-state index contributed by atoms with van der Waals surface area (Å²) in [7, 11) is 1.55. The highest BCUT2D eigenvalue weighted by Crippen LogP contribution is 2.28. The van der Waals surface area contributed by atoms with E-state index < -0.39 is 0 Å². The van der Waals surface area contributed by atoms with Gasteiger partial charge in [0.25, 0.3) is 5.91 Å². The number of pyridine rings is 1. The van der Waals surface area contributed by atoms with E-state index in [2.05, 4.69) is 30.2 Å². The van der Waals surface area contributed by atoms with Crippen LogP contribution < -0.4 is 10.1 Å². The lowest BCUT2D eigenvalue weighted by atomic mass is 10.2. The zero-order valence-corrected chi connectivity index (χ0v) is 14.7. The van der Waals surface area contributed by atoms with Crippen LogP contribution in [-0.2, 0) is 0 Å². The van der Waals surface area contributed by atoms with Gasteiger partial charge in [-0.2, -0.15) is 0 Å². The SMILES string of the molecule is CCC(C)Sc1ccc(NC(=O)c2ccc(OC)nc2)c(C)c1. The number of nitrogens with one attached hydrogen (secondary N) is 1. The van der Waals surface area contributed by atoms with Crippen LogP contribution in [0.2, 0.25) is 0 Å². The largest absolute Gasteiger partial charge is 0.481 e. The van der Waals surface area contributed by atoms with E-state index in [1.807, 2.05) is 30.8 Å². The predicted molar refractivity (Wildman–Crippen MR) is 95.5 cm³/mol. The second kappa shape index (κ2) is 8.02. The molecule has 0 radical (unpaired) electrons. The van der Waals surface area contributed by atoms with Gasteiger partial charge < -0.3 is 10.1 Å². The Bertz CT molecular complexity index is 671. The zero-order chi connectivity index (χ0) is 16.8. The summed E-state index contributed by atoms with van der Waals surface area (Å²) < 4.78 is 5.00. The van der Waals surface area contributed by atoms with Gasteiger partial charge in [-0.05, 0) is 43.2 Å². The number of hydrogen-bond acceptors (Lipinski definition) is 4. The Morgan fingerprint density at radius 1 is 1.35 bits per heavy atom. The number of aromatic nitrogens is 1. The Hall–Kier alpha value is -2.01. The molecule has 4 nitrogen and oxygen atoms in total. The Kier molecular flexibility index (Phi) is 6.04. The van der Waals surface area contributed by atoms with Crippen molar-refractivity contribution in [3.05, 3.63) is 47.7 Å². The summed E-state index contributed by atoms with van der Waals surface area (Å²) in [6.45, 7) is 6.40. The van der Waals surface area contributed by atoms with Crippen molar-refractivity contribution in [3.63, 3.8) is 0 Å². The van der Waals surface area contributed by atoms with E-state index in [1.165, 1.54) is 11.1 Å². The number of carbonyl (C=O) groups excluding carboxylic acids is 1. The van der Waals surface area contributed by atoms with Crippen molar-refractivity contribution in [1.82, 2.24) is 4.98 Å². The number of anilines is 1. The number of ether oxygens (including phenoxy) is 1. The lowest BCUT2D eigenvalue weighted by Gasteiger charge is -2.12. The maximum Gasteiger partial charge on any atom is 0.257 e. The number of methoxy groups -OCH3 is 1. The summed E-state index contributed by atoms with van der Waals surface area (Å²) >= 11 is 1.85. The first-order chi connectivity index (χ1) is 11.0. The molecule has 0 spiro atoms. The summed E-state index contributed by atoms with van der Waals surface area (Å²) in [4.78, 5) is 17.6. The van der Waals surface area contributed by atoms with Gasteiger partial charge in [0.15, 0.2) is 0 Å². The molecule has 0 aliphatic rings. The quantitative estimate of drug-likeness (QED) is 0.790. The van der Waals surface area contributed by atoms with Gasteiger partial charge in [0.2, 0.25) is 5.88 Å². The Labute approximate surface area is 141 Å².